The first kappa shape index (κ1) is 17.6. The van der Waals surface area contributed by atoms with Gasteiger partial charge in [0.05, 0.1) is 6.04 Å². The molecule has 23 heavy (non-hydrogen) atoms. The lowest BCUT2D eigenvalue weighted by Crippen LogP contribution is -2.49. The van der Waals surface area contributed by atoms with Crippen molar-refractivity contribution in [1.82, 2.24) is 10.2 Å². The van der Waals surface area contributed by atoms with Crippen molar-refractivity contribution in [2.45, 2.75) is 51.1 Å². The van der Waals surface area contributed by atoms with Crippen LogP contribution in [0.3, 0.4) is 0 Å². The van der Waals surface area contributed by atoms with Crippen LogP contribution in [0.4, 0.5) is 4.79 Å². The highest BCUT2D eigenvalue weighted by atomic mass is 35.5. The summed E-state index contributed by atoms with van der Waals surface area (Å²) in [5.74, 6) is -0.0698. The van der Waals surface area contributed by atoms with Crippen molar-refractivity contribution in [3.05, 3.63) is 34.9 Å². The predicted octanol–water partition coefficient (Wildman–Crippen LogP) is 3.23. The zero-order valence-corrected chi connectivity index (χ0v) is 14.2. The Labute approximate surface area is 142 Å². The highest BCUT2D eigenvalue weighted by Gasteiger charge is 2.34. The maximum absolute atomic E-state index is 12.9. The minimum atomic E-state index is -0.659. The Morgan fingerprint density at radius 3 is 2.83 bits per heavy atom. The van der Waals surface area contributed by atoms with Gasteiger partial charge in [-0.1, -0.05) is 49.6 Å². The van der Waals surface area contributed by atoms with Crippen LogP contribution in [0.5, 0.6) is 0 Å². The van der Waals surface area contributed by atoms with Gasteiger partial charge in [0, 0.05) is 11.6 Å². The number of unbranched alkanes of at least 4 members (excludes halogenated alkanes) is 1. The third-order valence-electron chi connectivity index (χ3n) is 4.26. The molecule has 0 aliphatic carbocycles. The summed E-state index contributed by atoms with van der Waals surface area (Å²) in [4.78, 5) is 25.9. The Kier molecular flexibility index (Phi) is 6.28. The number of hydrogen-bond acceptors (Lipinski definition) is 2. The Balaban J connectivity index is 2.18. The topological polar surface area (TPSA) is 75.4 Å². The summed E-state index contributed by atoms with van der Waals surface area (Å²) in [6.07, 6.45) is 4.23. The largest absolute Gasteiger partial charge is 0.352 e. The molecular weight excluding hydrogens is 314 g/mol. The van der Waals surface area contributed by atoms with E-state index >= 15 is 0 Å². The summed E-state index contributed by atoms with van der Waals surface area (Å²) < 4.78 is 0. The number of urea groups is 1. The fraction of sp³-hybridized carbons (Fsp3) is 0.529. The SMILES string of the molecule is CCCC[C@@H](NC(N)=O)C(=O)N1CCC[C@@H]1c1ccccc1Cl. The monoisotopic (exact) mass is 337 g/mol. The molecular formula is C17H24ClN3O2. The van der Waals surface area contributed by atoms with Gasteiger partial charge in [0.1, 0.15) is 6.04 Å². The minimum absolute atomic E-state index is 0.0324. The number of likely N-dealkylation sites (tertiary alicyclic amines) is 1. The molecule has 0 aromatic heterocycles. The first-order chi connectivity index (χ1) is 11.0. The Morgan fingerprint density at radius 1 is 1.43 bits per heavy atom. The molecule has 1 aliphatic rings. The van der Waals surface area contributed by atoms with Crippen molar-refractivity contribution >= 4 is 23.5 Å². The van der Waals surface area contributed by atoms with E-state index in [9.17, 15) is 9.59 Å². The number of carbonyl (C=O) groups excluding carboxylic acids is 2. The van der Waals surface area contributed by atoms with Crippen LogP contribution >= 0.6 is 11.6 Å². The summed E-state index contributed by atoms with van der Waals surface area (Å²) in [6, 6.07) is 6.36. The first-order valence-corrected chi connectivity index (χ1v) is 8.53. The first-order valence-electron chi connectivity index (χ1n) is 8.15. The lowest BCUT2D eigenvalue weighted by atomic mass is 10.0. The molecule has 1 saturated heterocycles. The number of rotatable bonds is 6. The molecule has 3 amide bonds. The average Bonchev–Trinajstić information content (AvgIpc) is 3.00. The van der Waals surface area contributed by atoms with Gasteiger partial charge in [-0.2, -0.15) is 0 Å². The molecule has 126 valence electrons. The predicted molar refractivity (Wildman–Crippen MR) is 91.2 cm³/mol. The van der Waals surface area contributed by atoms with E-state index in [1.54, 1.807) is 0 Å². The molecule has 0 bridgehead atoms. The number of nitrogens with zero attached hydrogens (tertiary/aromatic N) is 1. The molecule has 5 nitrogen and oxygen atoms in total. The molecule has 2 rings (SSSR count). The van der Waals surface area contributed by atoms with Crippen LogP contribution in [0.25, 0.3) is 0 Å². The number of benzene rings is 1. The number of nitrogens with two attached hydrogens (primary N) is 1. The second-order valence-corrected chi connectivity index (χ2v) is 6.32. The lowest BCUT2D eigenvalue weighted by molar-refractivity contribution is -0.134. The second-order valence-electron chi connectivity index (χ2n) is 5.91. The number of primary amides is 1. The van der Waals surface area contributed by atoms with E-state index in [0.717, 1.165) is 31.2 Å². The second kappa shape index (κ2) is 8.20. The number of halogens is 1. The van der Waals surface area contributed by atoms with Crippen LogP contribution in [-0.4, -0.2) is 29.4 Å². The van der Waals surface area contributed by atoms with Crippen LogP contribution in [0.15, 0.2) is 24.3 Å². The molecule has 1 aromatic rings. The zero-order valence-electron chi connectivity index (χ0n) is 13.4. The van der Waals surface area contributed by atoms with E-state index in [-0.39, 0.29) is 11.9 Å². The molecule has 6 heteroatoms. The summed E-state index contributed by atoms with van der Waals surface area (Å²) in [5.41, 5.74) is 6.20. The van der Waals surface area contributed by atoms with Gasteiger partial charge in [0.2, 0.25) is 5.91 Å². The standard InChI is InChI=1S/C17H24ClN3O2/c1-2-3-9-14(20-17(19)23)16(22)21-11-6-10-15(21)12-7-4-5-8-13(12)18/h4-5,7-8,14-15H,2-3,6,9-11H2,1H3,(H3,19,20,23)/t14-,15-/m1/s1. The van der Waals surface area contributed by atoms with Crippen LogP contribution in [0.1, 0.15) is 50.6 Å². The van der Waals surface area contributed by atoms with Gasteiger partial charge in [-0.3, -0.25) is 4.79 Å². The van der Waals surface area contributed by atoms with Gasteiger partial charge in [-0.15, -0.1) is 0 Å². The van der Waals surface area contributed by atoms with Crippen molar-refractivity contribution in [1.29, 1.82) is 0 Å². The number of carbonyl (C=O) groups is 2. The van der Waals surface area contributed by atoms with Crippen molar-refractivity contribution in [2.75, 3.05) is 6.54 Å². The molecule has 0 saturated carbocycles. The summed E-state index contributed by atoms with van der Waals surface area (Å²) >= 11 is 6.29. The van der Waals surface area contributed by atoms with Gasteiger partial charge in [-0.25, -0.2) is 4.79 Å². The van der Waals surface area contributed by atoms with Crippen LogP contribution in [0.2, 0.25) is 5.02 Å². The normalized spacial score (nSPS) is 18.7. The van der Waals surface area contributed by atoms with E-state index in [1.165, 1.54) is 0 Å². The molecule has 1 heterocycles. The third-order valence-corrected chi connectivity index (χ3v) is 4.61. The van der Waals surface area contributed by atoms with E-state index in [1.807, 2.05) is 36.1 Å². The fourth-order valence-corrected chi connectivity index (χ4v) is 3.40. The molecule has 1 aliphatic heterocycles. The van der Waals surface area contributed by atoms with Gasteiger partial charge < -0.3 is 16.0 Å². The molecule has 1 aromatic carbocycles. The molecule has 0 radical (unpaired) electrons. The molecule has 1 fully saturated rings. The Bertz CT molecular complexity index is 565. The quantitative estimate of drug-likeness (QED) is 0.836. The maximum atomic E-state index is 12.9. The van der Waals surface area contributed by atoms with Gasteiger partial charge >= 0.3 is 6.03 Å². The minimum Gasteiger partial charge on any atom is -0.352 e. The highest BCUT2D eigenvalue weighted by Crippen LogP contribution is 2.36. The number of amides is 3. The number of nitrogens with one attached hydrogen (secondary N) is 1. The zero-order chi connectivity index (χ0) is 16.8. The van der Waals surface area contributed by atoms with Crippen molar-refractivity contribution in [2.24, 2.45) is 5.73 Å². The smallest absolute Gasteiger partial charge is 0.312 e. The molecule has 3 N–H and O–H groups in total. The molecule has 2 atom stereocenters. The van der Waals surface area contributed by atoms with E-state index < -0.39 is 12.1 Å². The molecule has 0 unspecified atom stereocenters. The van der Waals surface area contributed by atoms with Gasteiger partial charge in [0.25, 0.3) is 0 Å². The summed E-state index contributed by atoms with van der Waals surface area (Å²) in [6.45, 7) is 2.73. The van der Waals surface area contributed by atoms with E-state index in [2.05, 4.69) is 5.32 Å². The molecule has 0 spiro atoms. The van der Waals surface area contributed by atoms with E-state index in [4.69, 9.17) is 17.3 Å². The van der Waals surface area contributed by atoms with Crippen molar-refractivity contribution in [3.8, 4) is 0 Å². The fourth-order valence-electron chi connectivity index (χ4n) is 3.14. The van der Waals surface area contributed by atoms with Crippen LogP contribution < -0.4 is 11.1 Å². The summed E-state index contributed by atoms with van der Waals surface area (Å²) in [5, 5.41) is 3.26. The van der Waals surface area contributed by atoms with Crippen molar-refractivity contribution in [3.63, 3.8) is 0 Å². The van der Waals surface area contributed by atoms with Crippen LogP contribution in [-0.2, 0) is 4.79 Å². The maximum Gasteiger partial charge on any atom is 0.312 e. The van der Waals surface area contributed by atoms with Gasteiger partial charge in [-0.05, 0) is 30.9 Å². The highest BCUT2D eigenvalue weighted by molar-refractivity contribution is 6.31. The Morgan fingerprint density at radius 2 is 2.17 bits per heavy atom. The van der Waals surface area contributed by atoms with Crippen molar-refractivity contribution < 1.29 is 9.59 Å². The lowest BCUT2D eigenvalue weighted by Gasteiger charge is -2.29. The van der Waals surface area contributed by atoms with Crippen LogP contribution in [0, 0.1) is 0 Å². The summed E-state index contributed by atoms with van der Waals surface area (Å²) in [7, 11) is 0. The third kappa shape index (κ3) is 4.38. The Hall–Kier alpha value is -1.75. The van der Waals surface area contributed by atoms with Gasteiger partial charge in [0.15, 0.2) is 0 Å². The average molecular weight is 338 g/mol. The van der Waals surface area contributed by atoms with E-state index in [0.29, 0.717) is 18.0 Å². The number of hydrogen-bond donors (Lipinski definition) is 2.